The predicted molar refractivity (Wildman–Crippen MR) is 125 cm³/mol. The summed E-state index contributed by atoms with van der Waals surface area (Å²) in [6, 6.07) is 22.2. The zero-order chi connectivity index (χ0) is 22.8. The molecule has 5 nitrogen and oxygen atoms in total. The van der Waals surface area contributed by atoms with Crippen molar-refractivity contribution in [2.75, 3.05) is 0 Å². The van der Waals surface area contributed by atoms with Gasteiger partial charge in [0, 0.05) is 18.3 Å². The monoisotopic (exact) mass is 425 g/mol. The van der Waals surface area contributed by atoms with Crippen LogP contribution in [0.3, 0.4) is 0 Å². The van der Waals surface area contributed by atoms with Gasteiger partial charge >= 0.3 is 0 Å². The fourth-order valence-electron chi connectivity index (χ4n) is 4.26. The SMILES string of the molecule is Cc1cc2c(c(=O)n1CCc1ccccc1)[C@H](c1ccc(C(C)C)cc1)C(C#N)=C(N)O2. The van der Waals surface area contributed by atoms with Gasteiger partial charge in [0.15, 0.2) is 0 Å². The van der Waals surface area contributed by atoms with Gasteiger partial charge in [-0.2, -0.15) is 5.26 Å². The number of pyridine rings is 1. The van der Waals surface area contributed by atoms with Gasteiger partial charge in [-0.05, 0) is 36.0 Å². The van der Waals surface area contributed by atoms with Crippen LogP contribution >= 0.6 is 0 Å². The number of rotatable bonds is 5. The molecule has 0 radical (unpaired) electrons. The number of fused-ring (bicyclic) bond motifs is 1. The summed E-state index contributed by atoms with van der Waals surface area (Å²) in [5.74, 6) is 0.317. The molecule has 0 fully saturated rings. The van der Waals surface area contributed by atoms with Gasteiger partial charge in [0.2, 0.25) is 5.88 Å². The predicted octanol–water partition coefficient (Wildman–Crippen LogP) is 4.74. The van der Waals surface area contributed by atoms with Crippen LogP contribution in [0.5, 0.6) is 5.75 Å². The van der Waals surface area contributed by atoms with Crippen molar-refractivity contribution in [2.45, 2.75) is 45.6 Å². The second-order valence-electron chi connectivity index (χ2n) is 8.50. The minimum Gasteiger partial charge on any atom is -0.440 e. The van der Waals surface area contributed by atoms with Crippen molar-refractivity contribution < 1.29 is 4.74 Å². The standard InChI is InChI=1S/C27H27N3O2/c1-17(2)20-9-11-21(12-10-20)24-22(16-28)26(29)32-23-15-18(3)30(27(31)25(23)24)14-13-19-7-5-4-6-8-19/h4-12,15,17,24H,13-14,29H2,1-3H3/t24-/m1/s1. The van der Waals surface area contributed by atoms with Crippen LogP contribution in [0.4, 0.5) is 0 Å². The topological polar surface area (TPSA) is 81.0 Å². The first-order valence-corrected chi connectivity index (χ1v) is 10.9. The average Bonchev–Trinajstić information content (AvgIpc) is 2.78. The third-order valence-electron chi connectivity index (χ3n) is 6.09. The Balaban J connectivity index is 1.81. The lowest BCUT2D eigenvalue weighted by Crippen LogP contribution is -2.33. The van der Waals surface area contributed by atoms with Gasteiger partial charge in [-0.3, -0.25) is 4.79 Å². The van der Waals surface area contributed by atoms with Crippen LogP contribution in [0.15, 0.2) is 76.9 Å². The highest BCUT2D eigenvalue weighted by atomic mass is 16.5. The molecule has 0 bridgehead atoms. The van der Waals surface area contributed by atoms with E-state index in [1.54, 1.807) is 4.57 Å². The fourth-order valence-corrected chi connectivity index (χ4v) is 4.26. The van der Waals surface area contributed by atoms with Crippen molar-refractivity contribution in [1.29, 1.82) is 5.26 Å². The van der Waals surface area contributed by atoms with E-state index in [1.165, 1.54) is 5.56 Å². The molecule has 1 aliphatic heterocycles. The highest BCUT2D eigenvalue weighted by Gasteiger charge is 2.34. The Labute approximate surface area is 188 Å². The maximum atomic E-state index is 13.7. The number of allylic oxidation sites excluding steroid dienone is 1. The van der Waals surface area contributed by atoms with Crippen molar-refractivity contribution in [1.82, 2.24) is 4.57 Å². The molecule has 4 rings (SSSR count). The van der Waals surface area contributed by atoms with Crippen LogP contribution in [0.2, 0.25) is 0 Å². The summed E-state index contributed by atoms with van der Waals surface area (Å²) in [5, 5.41) is 9.85. The normalized spacial score (nSPS) is 15.3. The van der Waals surface area contributed by atoms with E-state index in [1.807, 2.05) is 55.5 Å². The van der Waals surface area contributed by atoms with E-state index in [4.69, 9.17) is 10.5 Å². The number of nitrogens with two attached hydrogens (primary N) is 1. The highest BCUT2D eigenvalue weighted by Crippen LogP contribution is 2.40. The number of ether oxygens (including phenoxy) is 1. The third kappa shape index (κ3) is 3.92. The van der Waals surface area contributed by atoms with Gasteiger partial charge in [-0.25, -0.2) is 0 Å². The minimum absolute atomic E-state index is 0.0544. The summed E-state index contributed by atoms with van der Waals surface area (Å²) < 4.78 is 7.52. The summed E-state index contributed by atoms with van der Waals surface area (Å²) >= 11 is 0. The molecule has 0 saturated heterocycles. The van der Waals surface area contributed by atoms with Crippen LogP contribution < -0.4 is 16.0 Å². The van der Waals surface area contributed by atoms with Gasteiger partial charge in [0.05, 0.1) is 11.5 Å². The first kappa shape index (κ1) is 21.5. The van der Waals surface area contributed by atoms with Gasteiger partial charge in [0.1, 0.15) is 17.4 Å². The summed E-state index contributed by atoms with van der Waals surface area (Å²) in [5.41, 5.74) is 10.7. The van der Waals surface area contributed by atoms with Crippen LogP contribution in [0.25, 0.3) is 0 Å². The van der Waals surface area contributed by atoms with E-state index in [0.717, 1.165) is 23.2 Å². The fraction of sp³-hybridized carbons (Fsp3) is 0.259. The number of hydrogen-bond acceptors (Lipinski definition) is 4. The molecule has 2 heterocycles. The Morgan fingerprint density at radius 2 is 1.81 bits per heavy atom. The van der Waals surface area contributed by atoms with Crippen molar-refractivity contribution in [3.8, 4) is 11.8 Å². The Bertz CT molecular complexity index is 1260. The molecule has 162 valence electrons. The molecule has 0 unspecified atom stereocenters. The second kappa shape index (κ2) is 8.76. The number of hydrogen-bond donors (Lipinski definition) is 1. The molecule has 32 heavy (non-hydrogen) atoms. The summed E-state index contributed by atoms with van der Waals surface area (Å²) in [6.07, 6.45) is 0.734. The highest BCUT2D eigenvalue weighted by molar-refractivity contribution is 5.55. The Morgan fingerprint density at radius 3 is 2.44 bits per heavy atom. The number of nitrogens with zero attached hydrogens (tertiary/aromatic N) is 2. The summed E-state index contributed by atoms with van der Waals surface area (Å²) in [4.78, 5) is 13.7. The molecule has 0 saturated carbocycles. The molecule has 0 spiro atoms. The van der Waals surface area contributed by atoms with Crippen LogP contribution in [0, 0.1) is 18.3 Å². The largest absolute Gasteiger partial charge is 0.440 e. The van der Waals surface area contributed by atoms with Crippen molar-refractivity contribution in [2.24, 2.45) is 5.73 Å². The van der Waals surface area contributed by atoms with Crippen molar-refractivity contribution in [3.05, 3.63) is 110 Å². The van der Waals surface area contributed by atoms with Crippen LogP contribution in [-0.2, 0) is 13.0 Å². The van der Waals surface area contributed by atoms with E-state index in [0.29, 0.717) is 23.8 Å². The van der Waals surface area contributed by atoms with E-state index in [2.05, 4.69) is 32.0 Å². The maximum Gasteiger partial charge on any atom is 0.258 e. The molecule has 0 amide bonds. The van der Waals surface area contributed by atoms with Gasteiger partial charge in [-0.15, -0.1) is 0 Å². The Morgan fingerprint density at radius 1 is 1.12 bits per heavy atom. The molecule has 5 heteroatoms. The Kier molecular flexibility index (Phi) is 5.87. The van der Waals surface area contributed by atoms with E-state index in [9.17, 15) is 10.1 Å². The van der Waals surface area contributed by atoms with Crippen LogP contribution in [0.1, 0.15) is 53.6 Å². The Hall–Kier alpha value is -3.78. The smallest absolute Gasteiger partial charge is 0.258 e. The number of benzene rings is 2. The minimum atomic E-state index is -0.555. The molecule has 1 atom stereocenters. The first-order valence-electron chi connectivity index (χ1n) is 10.9. The lowest BCUT2D eigenvalue weighted by atomic mass is 9.83. The number of nitriles is 1. The van der Waals surface area contributed by atoms with Crippen molar-refractivity contribution in [3.63, 3.8) is 0 Å². The first-order chi connectivity index (χ1) is 15.4. The zero-order valence-electron chi connectivity index (χ0n) is 18.6. The average molecular weight is 426 g/mol. The number of aromatic nitrogens is 1. The number of aryl methyl sites for hydroxylation is 2. The quantitative estimate of drug-likeness (QED) is 0.640. The van der Waals surface area contributed by atoms with Gasteiger partial charge < -0.3 is 15.0 Å². The summed E-state index contributed by atoms with van der Waals surface area (Å²) in [7, 11) is 0. The molecule has 0 aliphatic carbocycles. The second-order valence-corrected chi connectivity index (χ2v) is 8.50. The molecule has 2 aromatic carbocycles. The van der Waals surface area contributed by atoms with Gasteiger partial charge in [0.25, 0.3) is 5.56 Å². The van der Waals surface area contributed by atoms with E-state index < -0.39 is 5.92 Å². The lowest BCUT2D eigenvalue weighted by Gasteiger charge is -2.27. The summed E-state index contributed by atoms with van der Waals surface area (Å²) in [6.45, 7) is 6.70. The molecule has 1 aliphatic rings. The molecule has 1 aromatic heterocycles. The van der Waals surface area contributed by atoms with Crippen LogP contribution in [-0.4, -0.2) is 4.57 Å². The van der Waals surface area contributed by atoms with Crippen molar-refractivity contribution >= 4 is 0 Å². The molecule has 3 aromatic rings. The van der Waals surface area contributed by atoms with Gasteiger partial charge in [-0.1, -0.05) is 68.4 Å². The van der Waals surface area contributed by atoms with E-state index >= 15 is 0 Å². The molecule has 2 N–H and O–H groups in total. The zero-order valence-corrected chi connectivity index (χ0v) is 18.6. The molecular formula is C27H27N3O2. The van der Waals surface area contributed by atoms with E-state index in [-0.39, 0.29) is 17.0 Å². The maximum absolute atomic E-state index is 13.7. The lowest BCUT2D eigenvalue weighted by molar-refractivity contribution is 0.388. The molecular weight excluding hydrogens is 398 g/mol. The third-order valence-corrected chi connectivity index (χ3v) is 6.09.